The molecule has 2 rings (SSSR count). The maximum absolute atomic E-state index is 12.6. The van der Waals surface area contributed by atoms with Crippen molar-refractivity contribution in [3.8, 4) is 0 Å². The SMILES string of the molecule is CC(C)(C)OC(=O)N[C@@H](Cc1ccccn1)C(=O)NCC(=O)c1cccs1. The first kappa shape index (κ1) is 20.6. The highest BCUT2D eigenvalue weighted by molar-refractivity contribution is 7.12. The van der Waals surface area contributed by atoms with Gasteiger partial charge in [-0.15, -0.1) is 11.3 Å². The molecule has 0 unspecified atom stereocenters. The Morgan fingerprint density at radius 2 is 1.96 bits per heavy atom. The van der Waals surface area contributed by atoms with Crippen LogP contribution < -0.4 is 10.6 Å². The Labute approximate surface area is 162 Å². The van der Waals surface area contributed by atoms with Gasteiger partial charge in [-0.05, 0) is 44.4 Å². The number of aromatic nitrogens is 1. The predicted octanol–water partition coefficient (Wildman–Crippen LogP) is 2.58. The second-order valence-electron chi connectivity index (χ2n) is 6.84. The molecule has 0 aliphatic heterocycles. The van der Waals surface area contributed by atoms with Gasteiger partial charge in [-0.2, -0.15) is 0 Å². The highest BCUT2D eigenvalue weighted by Gasteiger charge is 2.25. The molecule has 2 N–H and O–H groups in total. The van der Waals surface area contributed by atoms with Crippen LogP contribution in [0, 0.1) is 0 Å². The van der Waals surface area contributed by atoms with Gasteiger partial charge in [-0.25, -0.2) is 4.79 Å². The van der Waals surface area contributed by atoms with Crippen LogP contribution in [0.4, 0.5) is 4.79 Å². The van der Waals surface area contributed by atoms with Gasteiger partial charge in [-0.3, -0.25) is 14.6 Å². The molecule has 0 spiro atoms. The molecule has 8 heteroatoms. The Kier molecular flexibility index (Phi) is 7.06. The Morgan fingerprint density at radius 1 is 1.19 bits per heavy atom. The first-order valence-electron chi connectivity index (χ1n) is 8.48. The largest absolute Gasteiger partial charge is 0.444 e. The molecular formula is C19H23N3O4S. The van der Waals surface area contributed by atoms with Crippen LogP contribution >= 0.6 is 11.3 Å². The molecule has 0 saturated carbocycles. The van der Waals surface area contributed by atoms with Crippen molar-refractivity contribution in [1.82, 2.24) is 15.6 Å². The Balaban J connectivity index is 2.02. The standard InChI is InChI=1S/C19H23N3O4S/c1-19(2,3)26-18(25)22-14(11-13-7-4-5-9-20-13)17(24)21-12-15(23)16-8-6-10-27-16/h4-10,14H,11-12H2,1-3H3,(H,21,24)(H,22,25)/t14-/m0/s1. The minimum absolute atomic E-state index is 0.145. The van der Waals surface area contributed by atoms with Crippen LogP contribution in [-0.4, -0.2) is 41.0 Å². The summed E-state index contributed by atoms with van der Waals surface area (Å²) in [6, 6.07) is 7.88. The number of amides is 2. The van der Waals surface area contributed by atoms with E-state index in [0.717, 1.165) is 0 Å². The summed E-state index contributed by atoms with van der Waals surface area (Å²) >= 11 is 1.31. The first-order chi connectivity index (χ1) is 12.7. The van der Waals surface area contributed by atoms with Crippen molar-refractivity contribution in [3.05, 3.63) is 52.5 Å². The molecule has 2 aromatic heterocycles. The summed E-state index contributed by atoms with van der Waals surface area (Å²) in [7, 11) is 0. The van der Waals surface area contributed by atoms with Crippen molar-refractivity contribution in [3.63, 3.8) is 0 Å². The lowest BCUT2D eigenvalue weighted by Crippen LogP contribution is -2.50. The zero-order valence-electron chi connectivity index (χ0n) is 15.5. The molecule has 1 atom stereocenters. The lowest BCUT2D eigenvalue weighted by Gasteiger charge is -2.23. The van der Waals surface area contributed by atoms with E-state index in [-0.39, 0.29) is 18.7 Å². The first-order valence-corrected chi connectivity index (χ1v) is 9.36. The van der Waals surface area contributed by atoms with Gasteiger partial charge < -0.3 is 15.4 Å². The van der Waals surface area contributed by atoms with Crippen LogP contribution in [0.15, 0.2) is 41.9 Å². The molecule has 2 amide bonds. The monoisotopic (exact) mass is 389 g/mol. The smallest absolute Gasteiger partial charge is 0.408 e. The Hall–Kier alpha value is -2.74. The maximum Gasteiger partial charge on any atom is 0.408 e. The zero-order chi connectivity index (χ0) is 19.9. The fourth-order valence-corrected chi connectivity index (χ4v) is 2.87. The van der Waals surface area contributed by atoms with Gasteiger partial charge in [-0.1, -0.05) is 12.1 Å². The van der Waals surface area contributed by atoms with Crippen LogP contribution in [-0.2, 0) is 16.0 Å². The summed E-state index contributed by atoms with van der Waals surface area (Å²) in [5.41, 5.74) is -0.0519. The van der Waals surface area contributed by atoms with Crippen LogP contribution in [0.5, 0.6) is 0 Å². The van der Waals surface area contributed by atoms with Gasteiger partial charge in [0.2, 0.25) is 5.91 Å². The van der Waals surface area contributed by atoms with E-state index >= 15 is 0 Å². The Morgan fingerprint density at radius 3 is 2.56 bits per heavy atom. The normalized spacial score (nSPS) is 12.1. The molecule has 0 fully saturated rings. The minimum atomic E-state index is -0.911. The number of nitrogens with one attached hydrogen (secondary N) is 2. The van der Waals surface area contributed by atoms with Crippen LogP contribution in [0.3, 0.4) is 0 Å². The molecule has 0 saturated heterocycles. The van der Waals surface area contributed by atoms with Crippen molar-refractivity contribution in [2.24, 2.45) is 0 Å². The summed E-state index contributed by atoms with van der Waals surface area (Å²) in [6.07, 6.45) is 1.08. The lowest BCUT2D eigenvalue weighted by atomic mass is 10.1. The highest BCUT2D eigenvalue weighted by atomic mass is 32.1. The van der Waals surface area contributed by atoms with Gasteiger partial charge in [0, 0.05) is 18.3 Å². The third-order valence-electron chi connectivity index (χ3n) is 3.37. The number of Topliss-reactive ketones (excluding diaryl/α,β-unsaturated/α-hetero) is 1. The van der Waals surface area contributed by atoms with E-state index in [2.05, 4.69) is 15.6 Å². The van der Waals surface area contributed by atoms with Crippen molar-refractivity contribution < 1.29 is 19.1 Å². The number of carbonyl (C=O) groups excluding carboxylic acids is 3. The molecule has 144 valence electrons. The number of hydrogen-bond acceptors (Lipinski definition) is 6. The third-order valence-corrected chi connectivity index (χ3v) is 4.28. The zero-order valence-corrected chi connectivity index (χ0v) is 16.3. The predicted molar refractivity (Wildman–Crippen MR) is 103 cm³/mol. The summed E-state index contributed by atoms with van der Waals surface area (Å²) < 4.78 is 5.22. The summed E-state index contributed by atoms with van der Waals surface area (Å²) in [5, 5.41) is 6.93. The number of hydrogen-bond donors (Lipinski definition) is 2. The molecule has 7 nitrogen and oxygen atoms in total. The number of thiophene rings is 1. The number of nitrogens with zero attached hydrogens (tertiary/aromatic N) is 1. The number of rotatable bonds is 7. The fourth-order valence-electron chi connectivity index (χ4n) is 2.20. The fraction of sp³-hybridized carbons (Fsp3) is 0.368. The number of ether oxygens (including phenoxy) is 1. The minimum Gasteiger partial charge on any atom is -0.444 e. The van der Waals surface area contributed by atoms with E-state index in [1.807, 2.05) is 0 Å². The molecule has 2 heterocycles. The molecule has 0 radical (unpaired) electrons. The number of carbonyl (C=O) groups is 3. The van der Waals surface area contributed by atoms with Crippen molar-refractivity contribution in [1.29, 1.82) is 0 Å². The second-order valence-corrected chi connectivity index (χ2v) is 7.79. The molecule has 0 bridgehead atoms. The van der Waals surface area contributed by atoms with Crippen LogP contribution in [0.1, 0.15) is 36.1 Å². The van der Waals surface area contributed by atoms with Crippen LogP contribution in [0.2, 0.25) is 0 Å². The van der Waals surface area contributed by atoms with Crippen molar-refractivity contribution in [2.45, 2.75) is 38.8 Å². The summed E-state index contributed by atoms with van der Waals surface area (Å²) in [5.74, 6) is -0.663. The topological polar surface area (TPSA) is 97.4 Å². The number of pyridine rings is 1. The van der Waals surface area contributed by atoms with Gasteiger partial charge in [0.1, 0.15) is 11.6 Å². The molecular weight excluding hydrogens is 366 g/mol. The quantitative estimate of drug-likeness (QED) is 0.710. The third kappa shape index (κ3) is 7.18. The average Bonchev–Trinajstić information content (AvgIpc) is 3.12. The number of alkyl carbamates (subject to hydrolysis) is 1. The molecule has 0 aliphatic rings. The van der Waals surface area contributed by atoms with Crippen LogP contribution in [0.25, 0.3) is 0 Å². The van der Waals surface area contributed by atoms with E-state index in [1.54, 1.807) is 62.7 Å². The highest BCUT2D eigenvalue weighted by Crippen LogP contribution is 2.10. The van der Waals surface area contributed by atoms with Crippen molar-refractivity contribution in [2.75, 3.05) is 6.54 Å². The van der Waals surface area contributed by atoms with E-state index < -0.39 is 23.6 Å². The van der Waals surface area contributed by atoms with E-state index in [1.165, 1.54) is 11.3 Å². The number of ketones is 1. The van der Waals surface area contributed by atoms with Gasteiger partial charge in [0.15, 0.2) is 5.78 Å². The molecule has 0 aliphatic carbocycles. The average molecular weight is 389 g/mol. The van der Waals surface area contributed by atoms with E-state index in [9.17, 15) is 14.4 Å². The second kappa shape index (κ2) is 9.27. The lowest BCUT2D eigenvalue weighted by molar-refractivity contribution is -0.123. The van der Waals surface area contributed by atoms with Gasteiger partial charge >= 0.3 is 6.09 Å². The van der Waals surface area contributed by atoms with E-state index in [0.29, 0.717) is 10.6 Å². The molecule has 27 heavy (non-hydrogen) atoms. The van der Waals surface area contributed by atoms with E-state index in [4.69, 9.17) is 4.74 Å². The molecule has 2 aromatic rings. The van der Waals surface area contributed by atoms with Gasteiger partial charge in [0.05, 0.1) is 11.4 Å². The Bertz CT molecular complexity index is 770. The summed E-state index contributed by atoms with van der Waals surface area (Å²) in [4.78, 5) is 41.5. The maximum atomic E-state index is 12.6. The van der Waals surface area contributed by atoms with Crippen molar-refractivity contribution >= 4 is 29.1 Å². The molecule has 0 aromatic carbocycles. The summed E-state index contributed by atoms with van der Waals surface area (Å²) in [6.45, 7) is 5.06. The van der Waals surface area contributed by atoms with Gasteiger partial charge in [0.25, 0.3) is 0 Å².